The number of hydrogen-bond acceptors (Lipinski definition) is 4. The van der Waals surface area contributed by atoms with Crippen LogP contribution in [-0.4, -0.2) is 24.9 Å². The van der Waals surface area contributed by atoms with Crippen LogP contribution >= 0.6 is 0 Å². The van der Waals surface area contributed by atoms with Gasteiger partial charge in [0.05, 0.1) is 4.90 Å². The van der Waals surface area contributed by atoms with E-state index in [4.69, 9.17) is 5.73 Å². The molecule has 0 bridgehead atoms. The number of phenols is 1. The lowest BCUT2D eigenvalue weighted by Gasteiger charge is -2.19. The van der Waals surface area contributed by atoms with Crippen molar-refractivity contribution >= 4 is 15.7 Å². The summed E-state index contributed by atoms with van der Waals surface area (Å²) in [7, 11) is -2.13. The van der Waals surface area contributed by atoms with Crippen LogP contribution in [0.1, 0.15) is 11.1 Å². The fourth-order valence-corrected chi connectivity index (χ4v) is 3.49. The first-order valence-corrected chi connectivity index (χ1v) is 7.85. The van der Waals surface area contributed by atoms with Crippen molar-refractivity contribution in [1.29, 1.82) is 0 Å². The Morgan fingerprint density at radius 1 is 1.19 bits per heavy atom. The predicted molar refractivity (Wildman–Crippen MR) is 82.4 cm³/mol. The summed E-state index contributed by atoms with van der Waals surface area (Å²) in [6.07, 6.45) is 0. The highest BCUT2D eigenvalue weighted by Gasteiger charge is 2.23. The number of nitrogens with zero attached hydrogens (tertiary/aromatic N) is 1. The van der Waals surface area contributed by atoms with Crippen LogP contribution in [0.5, 0.6) is 5.75 Å². The summed E-state index contributed by atoms with van der Waals surface area (Å²) < 4.78 is 26.4. The lowest BCUT2D eigenvalue weighted by Crippen LogP contribution is -2.27. The Labute approximate surface area is 124 Å². The van der Waals surface area contributed by atoms with E-state index in [1.54, 1.807) is 43.3 Å². The molecule has 3 N–H and O–H groups in total. The monoisotopic (exact) mass is 306 g/mol. The van der Waals surface area contributed by atoms with Crippen LogP contribution in [0.15, 0.2) is 47.4 Å². The highest BCUT2D eigenvalue weighted by Crippen LogP contribution is 2.24. The molecule has 0 aliphatic carbocycles. The van der Waals surface area contributed by atoms with Crippen molar-refractivity contribution in [3.63, 3.8) is 0 Å². The molecule has 0 atom stereocenters. The van der Waals surface area contributed by atoms with E-state index in [2.05, 4.69) is 0 Å². The lowest BCUT2D eigenvalue weighted by molar-refractivity contribution is 0.458. The minimum Gasteiger partial charge on any atom is -0.508 e. The van der Waals surface area contributed by atoms with E-state index >= 15 is 0 Å². The molecule has 21 heavy (non-hydrogen) atoms. The quantitative estimate of drug-likeness (QED) is 0.847. The molecule has 2 aromatic rings. The molecule has 0 fully saturated rings. The van der Waals surface area contributed by atoms with Crippen molar-refractivity contribution in [2.24, 2.45) is 0 Å². The van der Waals surface area contributed by atoms with Crippen LogP contribution < -0.4 is 5.73 Å². The maximum absolute atomic E-state index is 12.6. The van der Waals surface area contributed by atoms with Crippen molar-refractivity contribution in [2.75, 3.05) is 12.8 Å². The number of phenolic OH excluding ortho intramolecular Hbond substituents is 1. The standard InChI is InChI=1S/C15H18N2O3S/c1-11-14(16)7-4-8-15(11)21(19,20)17(2)10-12-5-3-6-13(18)9-12/h3-9,18H,10,16H2,1-2H3. The molecule has 0 aromatic heterocycles. The van der Waals surface area contributed by atoms with E-state index in [0.717, 1.165) is 0 Å². The zero-order valence-electron chi connectivity index (χ0n) is 11.9. The average Bonchev–Trinajstić information content (AvgIpc) is 2.41. The Hall–Kier alpha value is -2.05. The Morgan fingerprint density at radius 2 is 1.86 bits per heavy atom. The SMILES string of the molecule is Cc1c(N)cccc1S(=O)(=O)N(C)Cc1cccc(O)c1. The minimum absolute atomic E-state index is 0.110. The third-order valence-electron chi connectivity index (χ3n) is 3.33. The summed E-state index contributed by atoms with van der Waals surface area (Å²) in [6.45, 7) is 1.86. The van der Waals surface area contributed by atoms with Crippen LogP contribution in [0.2, 0.25) is 0 Å². The maximum Gasteiger partial charge on any atom is 0.243 e. The normalized spacial score (nSPS) is 11.8. The topological polar surface area (TPSA) is 83.6 Å². The first-order valence-electron chi connectivity index (χ1n) is 6.41. The molecule has 0 saturated carbocycles. The first-order chi connectivity index (χ1) is 9.82. The summed E-state index contributed by atoms with van der Waals surface area (Å²) in [6, 6.07) is 11.4. The van der Waals surface area contributed by atoms with Gasteiger partial charge in [0, 0.05) is 19.3 Å². The number of nitrogen functional groups attached to an aromatic ring is 1. The summed E-state index contributed by atoms with van der Waals surface area (Å²) in [5.74, 6) is 0.110. The largest absolute Gasteiger partial charge is 0.508 e. The molecule has 0 aliphatic heterocycles. The summed E-state index contributed by atoms with van der Waals surface area (Å²) in [5, 5.41) is 9.44. The highest BCUT2D eigenvalue weighted by atomic mass is 32.2. The molecular weight excluding hydrogens is 288 g/mol. The van der Waals surface area contributed by atoms with E-state index in [9.17, 15) is 13.5 Å². The molecule has 2 rings (SSSR count). The van der Waals surface area contributed by atoms with Gasteiger partial charge in [-0.15, -0.1) is 0 Å². The molecule has 0 saturated heterocycles. The Kier molecular flexibility index (Phi) is 4.20. The van der Waals surface area contributed by atoms with Gasteiger partial charge in [-0.3, -0.25) is 0 Å². The number of rotatable bonds is 4. The van der Waals surface area contributed by atoms with E-state index in [1.165, 1.54) is 17.4 Å². The molecule has 6 heteroatoms. The van der Waals surface area contributed by atoms with Gasteiger partial charge in [-0.25, -0.2) is 8.42 Å². The van der Waals surface area contributed by atoms with Crippen LogP contribution in [0.3, 0.4) is 0 Å². The second-order valence-corrected chi connectivity index (χ2v) is 6.91. The van der Waals surface area contributed by atoms with Gasteiger partial charge in [0.15, 0.2) is 0 Å². The van der Waals surface area contributed by atoms with Gasteiger partial charge in [-0.2, -0.15) is 4.31 Å². The van der Waals surface area contributed by atoms with E-state index < -0.39 is 10.0 Å². The summed E-state index contributed by atoms with van der Waals surface area (Å²) >= 11 is 0. The van der Waals surface area contributed by atoms with Crippen molar-refractivity contribution in [1.82, 2.24) is 4.31 Å². The van der Waals surface area contributed by atoms with Crippen LogP contribution in [0.25, 0.3) is 0 Å². The van der Waals surface area contributed by atoms with Gasteiger partial charge in [0.2, 0.25) is 10.0 Å². The third-order valence-corrected chi connectivity index (χ3v) is 5.28. The van der Waals surface area contributed by atoms with Gasteiger partial charge in [0.1, 0.15) is 5.75 Å². The van der Waals surface area contributed by atoms with Crippen molar-refractivity contribution < 1.29 is 13.5 Å². The van der Waals surface area contributed by atoms with Crippen LogP contribution in [-0.2, 0) is 16.6 Å². The van der Waals surface area contributed by atoms with Crippen molar-refractivity contribution in [3.8, 4) is 5.75 Å². The number of anilines is 1. The van der Waals surface area contributed by atoms with Gasteiger partial charge < -0.3 is 10.8 Å². The first kappa shape index (κ1) is 15.3. The van der Waals surface area contributed by atoms with Crippen molar-refractivity contribution in [3.05, 3.63) is 53.6 Å². The Balaban J connectivity index is 2.33. The molecule has 0 radical (unpaired) electrons. The Morgan fingerprint density at radius 3 is 2.52 bits per heavy atom. The number of hydrogen-bond donors (Lipinski definition) is 2. The average molecular weight is 306 g/mol. The molecule has 112 valence electrons. The second kappa shape index (κ2) is 5.75. The fourth-order valence-electron chi connectivity index (χ4n) is 2.08. The molecule has 5 nitrogen and oxygen atoms in total. The lowest BCUT2D eigenvalue weighted by atomic mass is 10.2. The summed E-state index contributed by atoms with van der Waals surface area (Å²) in [5.41, 5.74) is 7.47. The zero-order chi connectivity index (χ0) is 15.6. The van der Waals surface area contributed by atoms with Crippen LogP contribution in [0.4, 0.5) is 5.69 Å². The molecule has 0 spiro atoms. The van der Waals surface area contributed by atoms with Crippen LogP contribution in [0, 0.1) is 6.92 Å². The van der Waals surface area contributed by atoms with Gasteiger partial charge >= 0.3 is 0 Å². The predicted octanol–water partition coefficient (Wildman–Crippen LogP) is 2.10. The third kappa shape index (κ3) is 3.17. The van der Waals surface area contributed by atoms with E-state index in [0.29, 0.717) is 16.8 Å². The molecule has 0 unspecified atom stereocenters. The molecule has 0 heterocycles. The van der Waals surface area contributed by atoms with Gasteiger partial charge in [0.25, 0.3) is 0 Å². The minimum atomic E-state index is -3.63. The second-order valence-electron chi connectivity index (χ2n) is 4.90. The molecular formula is C15H18N2O3S. The maximum atomic E-state index is 12.6. The highest BCUT2D eigenvalue weighted by molar-refractivity contribution is 7.89. The molecule has 2 aromatic carbocycles. The Bertz CT molecular complexity index is 757. The fraction of sp³-hybridized carbons (Fsp3) is 0.200. The zero-order valence-corrected chi connectivity index (χ0v) is 12.8. The number of nitrogens with two attached hydrogens (primary N) is 1. The van der Waals surface area contributed by atoms with Crippen molar-refractivity contribution in [2.45, 2.75) is 18.4 Å². The summed E-state index contributed by atoms with van der Waals surface area (Å²) in [4.78, 5) is 0.199. The smallest absolute Gasteiger partial charge is 0.243 e. The van der Waals surface area contributed by atoms with E-state index in [-0.39, 0.29) is 17.2 Å². The number of sulfonamides is 1. The van der Waals surface area contributed by atoms with E-state index in [1.807, 2.05) is 0 Å². The molecule has 0 aliphatic rings. The van der Waals surface area contributed by atoms with Gasteiger partial charge in [-0.1, -0.05) is 18.2 Å². The van der Waals surface area contributed by atoms with Gasteiger partial charge in [-0.05, 0) is 42.3 Å². The molecule has 0 amide bonds. The number of aromatic hydroxyl groups is 1. The number of benzene rings is 2.